The summed E-state index contributed by atoms with van der Waals surface area (Å²) in [6.45, 7) is 8.64. The number of rotatable bonds is 5. The molecule has 0 bridgehead atoms. The van der Waals surface area contributed by atoms with Crippen LogP contribution in [0.2, 0.25) is 0 Å². The normalized spacial score (nSPS) is 11.5. The molecule has 0 unspecified atom stereocenters. The molecule has 1 aromatic heterocycles. The molecule has 1 amide bonds. The van der Waals surface area contributed by atoms with E-state index in [9.17, 15) is 9.90 Å². The van der Waals surface area contributed by atoms with Gasteiger partial charge < -0.3 is 14.8 Å². The fourth-order valence-electron chi connectivity index (χ4n) is 2.19. The van der Waals surface area contributed by atoms with E-state index in [2.05, 4.69) is 31.1 Å². The standard InChI is InChI=1S/C18H24N2O3/c1-12-15(23-17(20-12)18(2,3)4)10-7-11-19-16(22)13-8-5-6-9-14(13)21/h5-6,8-9,21H,7,10-11H2,1-4H3,(H,19,22). The fraction of sp³-hybridized carbons (Fsp3) is 0.444. The van der Waals surface area contributed by atoms with Gasteiger partial charge in [0, 0.05) is 18.4 Å². The Bertz CT molecular complexity index is 684. The van der Waals surface area contributed by atoms with Crippen LogP contribution in [-0.4, -0.2) is 22.5 Å². The van der Waals surface area contributed by atoms with Crippen LogP contribution in [0.15, 0.2) is 28.7 Å². The van der Waals surface area contributed by atoms with Crippen molar-refractivity contribution in [2.75, 3.05) is 6.54 Å². The SMILES string of the molecule is Cc1nc(C(C)(C)C)oc1CCCNC(=O)c1ccccc1O. The van der Waals surface area contributed by atoms with Gasteiger partial charge in [-0.25, -0.2) is 4.98 Å². The number of nitrogens with one attached hydrogen (secondary N) is 1. The van der Waals surface area contributed by atoms with Gasteiger partial charge in [0.25, 0.3) is 5.91 Å². The number of carbonyl (C=O) groups excluding carboxylic acids is 1. The van der Waals surface area contributed by atoms with E-state index in [1.54, 1.807) is 18.2 Å². The third-order valence-corrected chi connectivity index (χ3v) is 3.55. The van der Waals surface area contributed by atoms with Gasteiger partial charge in [-0.3, -0.25) is 4.79 Å². The van der Waals surface area contributed by atoms with Crippen LogP contribution >= 0.6 is 0 Å². The molecule has 0 aliphatic heterocycles. The van der Waals surface area contributed by atoms with Crippen LogP contribution in [0, 0.1) is 6.92 Å². The third kappa shape index (κ3) is 4.34. The Morgan fingerprint density at radius 1 is 1.30 bits per heavy atom. The Hall–Kier alpha value is -2.30. The minimum Gasteiger partial charge on any atom is -0.507 e. The van der Waals surface area contributed by atoms with Crippen molar-refractivity contribution >= 4 is 5.91 Å². The number of para-hydroxylation sites is 1. The zero-order valence-electron chi connectivity index (χ0n) is 14.1. The zero-order valence-corrected chi connectivity index (χ0v) is 14.1. The number of hydrogen-bond donors (Lipinski definition) is 2. The van der Waals surface area contributed by atoms with Gasteiger partial charge >= 0.3 is 0 Å². The van der Waals surface area contributed by atoms with Crippen LogP contribution in [0.4, 0.5) is 0 Å². The van der Waals surface area contributed by atoms with E-state index < -0.39 is 0 Å². The summed E-state index contributed by atoms with van der Waals surface area (Å²) >= 11 is 0. The summed E-state index contributed by atoms with van der Waals surface area (Å²) in [5.74, 6) is 1.33. The molecule has 1 aromatic carbocycles. The first-order chi connectivity index (χ1) is 10.8. The lowest BCUT2D eigenvalue weighted by atomic mass is 9.97. The van der Waals surface area contributed by atoms with Gasteiger partial charge in [0.1, 0.15) is 11.5 Å². The molecule has 0 radical (unpaired) electrons. The summed E-state index contributed by atoms with van der Waals surface area (Å²) in [6.07, 6.45) is 1.47. The highest BCUT2D eigenvalue weighted by Crippen LogP contribution is 2.24. The second-order valence-electron chi connectivity index (χ2n) is 6.65. The van der Waals surface area contributed by atoms with Crippen molar-refractivity contribution < 1.29 is 14.3 Å². The molecule has 1 heterocycles. The summed E-state index contributed by atoms with van der Waals surface area (Å²) in [6, 6.07) is 6.51. The van der Waals surface area contributed by atoms with E-state index in [1.165, 1.54) is 6.07 Å². The van der Waals surface area contributed by atoms with Crippen LogP contribution in [0.1, 0.15) is 54.9 Å². The van der Waals surface area contributed by atoms with Crippen molar-refractivity contribution in [3.8, 4) is 5.75 Å². The number of nitrogens with zero attached hydrogens (tertiary/aromatic N) is 1. The first-order valence-electron chi connectivity index (χ1n) is 7.82. The van der Waals surface area contributed by atoms with Crippen LogP contribution in [-0.2, 0) is 11.8 Å². The topological polar surface area (TPSA) is 75.4 Å². The summed E-state index contributed by atoms with van der Waals surface area (Å²) in [7, 11) is 0. The molecule has 0 saturated carbocycles. The zero-order chi connectivity index (χ0) is 17.0. The largest absolute Gasteiger partial charge is 0.507 e. The monoisotopic (exact) mass is 316 g/mol. The Morgan fingerprint density at radius 2 is 2.00 bits per heavy atom. The molecule has 124 valence electrons. The summed E-state index contributed by atoms with van der Waals surface area (Å²) in [5, 5.41) is 12.5. The third-order valence-electron chi connectivity index (χ3n) is 3.55. The van der Waals surface area contributed by atoms with E-state index in [-0.39, 0.29) is 17.1 Å². The van der Waals surface area contributed by atoms with Crippen LogP contribution in [0.3, 0.4) is 0 Å². The lowest BCUT2D eigenvalue weighted by Crippen LogP contribution is -2.24. The van der Waals surface area contributed by atoms with Crippen molar-refractivity contribution in [1.29, 1.82) is 0 Å². The lowest BCUT2D eigenvalue weighted by Gasteiger charge is -2.12. The molecule has 0 spiro atoms. The number of phenols is 1. The van der Waals surface area contributed by atoms with Gasteiger partial charge in [-0.2, -0.15) is 0 Å². The Labute approximate surface area is 136 Å². The first-order valence-corrected chi connectivity index (χ1v) is 7.82. The van der Waals surface area contributed by atoms with Gasteiger partial charge in [-0.15, -0.1) is 0 Å². The number of aryl methyl sites for hydroxylation is 2. The molecule has 5 heteroatoms. The summed E-state index contributed by atoms with van der Waals surface area (Å²) < 4.78 is 5.83. The van der Waals surface area contributed by atoms with Crippen molar-refractivity contribution in [3.05, 3.63) is 47.2 Å². The maximum Gasteiger partial charge on any atom is 0.255 e. The molecule has 23 heavy (non-hydrogen) atoms. The molecule has 2 N–H and O–H groups in total. The van der Waals surface area contributed by atoms with Crippen molar-refractivity contribution in [2.24, 2.45) is 0 Å². The number of oxazole rings is 1. The number of benzene rings is 1. The number of aromatic hydroxyl groups is 1. The highest BCUT2D eigenvalue weighted by molar-refractivity contribution is 5.96. The second-order valence-corrected chi connectivity index (χ2v) is 6.65. The van der Waals surface area contributed by atoms with Gasteiger partial charge in [-0.05, 0) is 25.5 Å². The molecule has 0 saturated heterocycles. The number of hydrogen-bond acceptors (Lipinski definition) is 4. The minimum absolute atomic E-state index is 0.00843. The average Bonchev–Trinajstić information content (AvgIpc) is 2.85. The predicted molar refractivity (Wildman–Crippen MR) is 88.7 cm³/mol. The molecule has 2 rings (SSSR count). The quantitative estimate of drug-likeness (QED) is 0.830. The average molecular weight is 316 g/mol. The van der Waals surface area contributed by atoms with E-state index in [4.69, 9.17) is 4.42 Å². The summed E-state index contributed by atoms with van der Waals surface area (Å²) in [5.41, 5.74) is 1.09. The smallest absolute Gasteiger partial charge is 0.255 e. The lowest BCUT2D eigenvalue weighted by molar-refractivity contribution is 0.0950. The van der Waals surface area contributed by atoms with Crippen molar-refractivity contribution in [2.45, 2.75) is 46.0 Å². The molecular weight excluding hydrogens is 292 g/mol. The van der Waals surface area contributed by atoms with E-state index in [0.29, 0.717) is 12.1 Å². The molecular formula is C18H24N2O3. The highest BCUT2D eigenvalue weighted by atomic mass is 16.4. The Kier molecular flexibility index (Phi) is 5.08. The molecule has 2 aromatic rings. The Morgan fingerprint density at radius 3 is 2.61 bits per heavy atom. The molecule has 0 aliphatic carbocycles. The molecule has 0 fully saturated rings. The maximum atomic E-state index is 12.0. The molecule has 0 atom stereocenters. The van der Waals surface area contributed by atoms with Gasteiger partial charge in [0.05, 0.1) is 11.3 Å². The maximum absolute atomic E-state index is 12.0. The number of amides is 1. The van der Waals surface area contributed by atoms with E-state index >= 15 is 0 Å². The van der Waals surface area contributed by atoms with E-state index in [0.717, 1.165) is 30.2 Å². The van der Waals surface area contributed by atoms with Crippen LogP contribution in [0.25, 0.3) is 0 Å². The molecule has 5 nitrogen and oxygen atoms in total. The molecule has 0 aliphatic rings. The second kappa shape index (κ2) is 6.86. The van der Waals surface area contributed by atoms with Crippen molar-refractivity contribution in [1.82, 2.24) is 10.3 Å². The van der Waals surface area contributed by atoms with Gasteiger partial charge in [0.15, 0.2) is 5.89 Å². The minimum atomic E-state index is -0.271. The Balaban J connectivity index is 1.85. The number of carbonyl (C=O) groups is 1. The summed E-state index contributed by atoms with van der Waals surface area (Å²) in [4.78, 5) is 16.4. The van der Waals surface area contributed by atoms with Crippen LogP contribution in [0.5, 0.6) is 5.75 Å². The fourth-order valence-corrected chi connectivity index (χ4v) is 2.19. The van der Waals surface area contributed by atoms with E-state index in [1.807, 2.05) is 6.92 Å². The number of phenolic OH excluding ortho intramolecular Hbond substituents is 1. The number of aromatic nitrogens is 1. The first kappa shape index (κ1) is 17.1. The highest BCUT2D eigenvalue weighted by Gasteiger charge is 2.22. The van der Waals surface area contributed by atoms with Crippen molar-refractivity contribution in [3.63, 3.8) is 0 Å². The van der Waals surface area contributed by atoms with Crippen LogP contribution < -0.4 is 5.32 Å². The van der Waals surface area contributed by atoms with Gasteiger partial charge in [0.2, 0.25) is 0 Å². The predicted octanol–water partition coefficient (Wildman–Crippen LogP) is 3.35. The van der Waals surface area contributed by atoms with Gasteiger partial charge in [-0.1, -0.05) is 32.9 Å².